The summed E-state index contributed by atoms with van der Waals surface area (Å²) in [6.45, 7) is 0. The maximum atomic E-state index is 12.8. The molecule has 0 aromatic carbocycles. The zero-order valence-corrected chi connectivity index (χ0v) is 19.4. The van der Waals surface area contributed by atoms with Crippen LogP contribution < -0.4 is 11.1 Å². The Morgan fingerprint density at radius 1 is 1.41 bits per heavy atom. The third kappa shape index (κ3) is 4.32. The van der Waals surface area contributed by atoms with Crippen LogP contribution in [0.2, 0.25) is 0 Å². The summed E-state index contributed by atoms with van der Waals surface area (Å²) in [7, 11) is 0. The molecule has 0 aliphatic carbocycles. The smallest absolute Gasteiger partial charge is 0.353 e. The predicted octanol–water partition coefficient (Wildman–Crippen LogP) is 1.03. The first kappa shape index (κ1) is 22.6. The van der Waals surface area contributed by atoms with Crippen LogP contribution in [0.4, 0.5) is 5.13 Å². The lowest BCUT2D eigenvalue weighted by Gasteiger charge is -2.49. The summed E-state index contributed by atoms with van der Waals surface area (Å²) in [5.74, 6) is -1.50. The van der Waals surface area contributed by atoms with Gasteiger partial charge in [-0.05, 0) is 0 Å². The number of anilines is 1. The topological polar surface area (TPSA) is 171 Å². The van der Waals surface area contributed by atoms with Crippen molar-refractivity contribution in [3.05, 3.63) is 38.3 Å². The molecule has 1 saturated heterocycles. The Morgan fingerprint density at radius 3 is 2.84 bits per heavy atom. The van der Waals surface area contributed by atoms with Gasteiger partial charge in [-0.3, -0.25) is 14.5 Å². The zero-order chi connectivity index (χ0) is 22.8. The molecular formula is C17H16N6O5S4. The fourth-order valence-corrected chi connectivity index (χ4v) is 7.05. The number of β-lactam (4-membered cyclic amide) rings is 1. The number of hydrogen-bond acceptors (Lipinski definition) is 12. The standard InChI is InChI=1S/C17H16N6O5S4/c18-17-20-7(5-32-17)10(22-28)13(24)21-11-14(25)23-12(16(26)27)8(6-31-15(11)23)29-3-1-9-19-2-4-30-9/h2,4-5,11,15,28H,1,3,6H2,(H2,18,20)(H,21,24)(H,26,27)/b22-10-/t11-,15-/m1/s1. The Kier molecular flexibility index (Phi) is 6.68. The van der Waals surface area contributed by atoms with Crippen molar-refractivity contribution in [3.8, 4) is 0 Å². The molecule has 2 amide bonds. The number of aromatic nitrogens is 2. The number of oxime groups is 1. The van der Waals surface area contributed by atoms with Gasteiger partial charge in [0.25, 0.3) is 11.8 Å². The van der Waals surface area contributed by atoms with Crippen molar-refractivity contribution >= 4 is 74.8 Å². The highest BCUT2D eigenvalue weighted by Gasteiger charge is 2.54. The summed E-state index contributed by atoms with van der Waals surface area (Å²) in [6.07, 6.45) is 2.42. The number of carboxylic acid groups (broad SMARTS) is 1. The number of aryl methyl sites for hydroxylation is 1. The van der Waals surface area contributed by atoms with Gasteiger partial charge in [0.1, 0.15) is 22.8 Å². The number of fused-ring (bicyclic) bond motifs is 1. The minimum Gasteiger partial charge on any atom is -0.477 e. The van der Waals surface area contributed by atoms with Crippen molar-refractivity contribution in [2.75, 3.05) is 17.2 Å². The van der Waals surface area contributed by atoms with Crippen LogP contribution in [0.1, 0.15) is 10.7 Å². The number of hydrogen-bond donors (Lipinski definition) is 4. The number of nitrogens with one attached hydrogen (secondary N) is 1. The Hall–Kier alpha value is -2.62. The molecule has 0 bridgehead atoms. The van der Waals surface area contributed by atoms with E-state index in [1.54, 1.807) is 6.20 Å². The number of aliphatic carboxylic acids is 1. The molecule has 2 aromatic heterocycles. The second-order valence-electron chi connectivity index (χ2n) is 6.48. The van der Waals surface area contributed by atoms with E-state index in [2.05, 4.69) is 20.4 Å². The van der Waals surface area contributed by atoms with Crippen LogP contribution in [0, 0.1) is 0 Å². The highest BCUT2D eigenvalue weighted by atomic mass is 32.2. The van der Waals surface area contributed by atoms with Crippen LogP contribution >= 0.6 is 46.2 Å². The van der Waals surface area contributed by atoms with E-state index in [1.165, 1.54) is 45.1 Å². The van der Waals surface area contributed by atoms with Gasteiger partial charge in [0, 0.05) is 39.8 Å². The summed E-state index contributed by atoms with van der Waals surface area (Å²) < 4.78 is 0. The fourth-order valence-electron chi connectivity index (χ4n) is 3.16. The Balaban J connectivity index is 1.44. The van der Waals surface area contributed by atoms with E-state index in [-0.39, 0.29) is 22.2 Å². The van der Waals surface area contributed by atoms with E-state index in [0.717, 1.165) is 16.3 Å². The maximum Gasteiger partial charge on any atom is 0.353 e. The van der Waals surface area contributed by atoms with E-state index in [0.29, 0.717) is 22.8 Å². The van der Waals surface area contributed by atoms with Crippen molar-refractivity contribution < 1.29 is 24.7 Å². The van der Waals surface area contributed by atoms with Crippen LogP contribution in [0.3, 0.4) is 0 Å². The molecular weight excluding hydrogens is 496 g/mol. The van der Waals surface area contributed by atoms with Crippen LogP contribution in [0.15, 0.2) is 32.7 Å². The number of rotatable bonds is 8. The van der Waals surface area contributed by atoms with Crippen molar-refractivity contribution in [1.82, 2.24) is 20.2 Å². The van der Waals surface area contributed by atoms with Gasteiger partial charge in [-0.2, -0.15) is 0 Å². The van der Waals surface area contributed by atoms with Gasteiger partial charge in [0.2, 0.25) is 0 Å². The van der Waals surface area contributed by atoms with Gasteiger partial charge >= 0.3 is 5.97 Å². The molecule has 32 heavy (non-hydrogen) atoms. The molecule has 2 aliphatic rings. The number of amides is 2. The molecule has 0 spiro atoms. The minimum absolute atomic E-state index is 0.0586. The number of nitrogens with zero attached hydrogens (tertiary/aromatic N) is 4. The lowest BCUT2D eigenvalue weighted by molar-refractivity contribution is -0.150. The van der Waals surface area contributed by atoms with Gasteiger partial charge in [-0.1, -0.05) is 5.16 Å². The van der Waals surface area contributed by atoms with Crippen LogP contribution in [-0.4, -0.2) is 71.6 Å². The molecule has 0 unspecified atom stereocenters. The molecule has 5 N–H and O–H groups in total. The molecule has 2 atom stereocenters. The normalized spacial score (nSPS) is 20.7. The first-order valence-electron chi connectivity index (χ1n) is 9.07. The number of thioether (sulfide) groups is 2. The predicted molar refractivity (Wildman–Crippen MR) is 123 cm³/mol. The highest BCUT2D eigenvalue weighted by Crippen LogP contribution is 2.43. The van der Waals surface area contributed by atoms with Gasteiger partial charge in [0.05, 0.1) is 5.01 Å². The molecule has 168 valence electrons. The van der Waals surface area contributed by atoms with Crippen molar-refractivity contribution in [2.45, 2.75) is 17.8 Å². The third-order valence-electron chi connectivity index (χ3n) is 4.58. The molecule has 1 fully saturated rings. The number of carbonyl (C=O) groups is 3. The van der Waals surface area contributed by atoms with E-state index in [1.807, 2.05) is 5.38 Å². The van der Waals surface area contributed by atoms with Gasteiger partial charge < -0.3 is 21.4 Å². The molecule has 15 heteroatoms. The molecule has 4 heterocycles. The second-order valence-corrected chi connectivity index (χ2v) is 10.6. The van der Waals surface area contributed by atoms with E-state index >= 15 is 0 Å². The summed E-state index contributed by atoms with van der Waals surface area (Å²) in [5, 5.41) is 28.4. The highest BCUT2D eigenvalue weighted by molar-refractivity contribution is 8.06. The first-order valence-corrected chi connectivity index (χ1v) is 12.9. The molecule has 2 aliphatic heterocycles. The Morgan fingerprint density at radius 2 is 2.22 bits per heavy atom. The number of carbonyl (C=O) groups excluding carboxylic acids is 2. The molecule has 0 radical (unpaired) electrons. The second kappa shape index (κ2) is 9.48. The van der Waals surface area contributed by atoms with E-state index < -0.39 is 29.2 Å². The van der Waals surface area contributed by atoms with Crippen LogP contribution in [-0.2, 0) is 20.8 Å². The number of nitrogens with two attached hydrogens (primary N) is 1. The average molecular weight is 513 g/mol. The monoisotopic (exact) mass is 512 g/mol. The van der Waals surface area contributed by atoms with Crippen molar-refractivity contribution in [3.63, 3.8) is 0 Å². The third-order valence-corrected chi connectivity index (χ3v) is 8.65. The van der Waals surface area contributed by atoms with E-state index in [4.69, 9.17) is 5.73 Å². The molecule has 0 saturated carbocycles. The first-order chi connectivity index (χ1) is 15.4. The summed E-state index contributed by atoms with van der Waals surface area (Å²) in [5.41, 5.74) is 5.19. The van der Waals surface area contributed by atoms with Crippen LogP contribution in [0.5, 0.6) is 0 Å². The molecule has 11 nitrogen and oxygen atoms in total. The lowest BCUT2D eigenvalue weighted by atomic mass is 10.0. The maximum absolute atomic E-state index is 12.8. The molecule has 4 rings (SSSR count). The number of nitrogen functional groups attached to an aromatic ring is 1. The van der Waals surface area contributed by atoms with Gasteiger partial charge in [0.15, 0.2) is 10.8 Å². The summed E-state index contributed by atoms with van der Waals surface area (Å²) in [4.78, 5) is 47.1. The Bertz CT molecular complexity index is 1110. The van der Waals surface area contributed by atoms with Crippen molar-refractivity contribution in [1.29, 1.82) is 0 Å². The Labute approximate surface area is 197 Å². The summed E-state index contributed by atoms with van der Waals surface area (Å²) >= 11 is 5.36. The minimum atomic E-state index is -1.19. The summed E-state index contributed by atoms with van der Waals surface area (Å²) in [6, 6.07) is -0.948. The zero-order valence-electron chi connectivity index (χ0n) is 16.1. The quantitative estimate of drug-likeness (QED) is 0.173. The van der Waals surface area contributed by atoms with Gasteiger partial charge in [-0.15, -0.1) is 46.2 Å². The van der Waals surface area contributed by atoms with Crippen molar-refractivity contribution in [2.24, 2.45) is 5.16 Å². The SMILES string of the molecule is Nc1nc(/C(=N/O)C(=O)N[C@@H]2C(=O)N3C(C(=O)O)=C(SCCc4nccs4)CS[C@H]23)cs1. The molecule has 2 aromatic rings. The van der Waals surface area contributed by atoms with Crippen LogP contribution in [0.25, 0.3) is 0 Å². The van der Waals surface area contributed by atoms with E-state index in [9.17, 15) is 24.7 Å². The number of carboxylic acids is 1. The fraction of sp³-hybridized carbons (Fsp3) is 0.294. The number of thiazole rings is 2. The average Bonchev–Trinajstić information content (AvgIpc) is 3.44. The lowest BCUT2D eigenvalue weighted by Crippen LogP contribution is -2.71. The van der Waals surface area contributed by atoms with Gasteiger partial charge in [-0.25, -0.2) is 14.8 Å². The largest absolute Gasteiger partial charge is 0.477 e.